The summed E-state index contributed by atoms with van der Waals surface area (Å²) in [6.45, 7) is 1.37. The number of pyridine rings is 1. The van der Waals surface area contributed by atoms with E-state index in [1.165, 1.54) is 42.3 Å². The number of alkyl halides is 2. The molecule has 0 aliphatic heterocycles. The fraction of sp³-hybridized carbons (Fsp3) is 0.381. The monoisotopic (exact) mass is 420 g/mol. The molecule has 1 atom stereocenters. The lowest BCUT2D eigenvalue weighted by molar-refractivity contribution is -0.124. The van der Waals surface area contributed by atoms with Gasteiger partial charge in [0.05, 0.1) is 11.6 Å². The molecule has 1 aliphatic carbocycles. The predicted octanol–water partition coefficient (Wildman–Crippen LogP) is 4.31. The van der Waals surface area contributed by atoms with Crippen LogP contribution in [-0.4, -0.2) is 29.2 Å². The van der Waals surface area contributed by atoms with E-state index in [4.69, 9.17) is 4.74 Å². The van der Waals surface area contributed by atoms with Crippen LogP contribution in [0.1, 0.15) is 52.9 Å². The summed E-state index contributed by atoms with van der Waals surface area (Å²) in [5, 5.41) is 2.67. The van der Waals surface area contributed by atoms with Crippen molar-refractivity contribution >= 4 is 23.6 Å². The zero-order valence-corrected chi connectivity index (χ0v) is 16.8. The Balaban J connectivity index is 1.55. The molecule has 0 saturated heterocycles. The summed E-state index contributed by atoms with van der Waals surface area (Å²) in [6, 6.07) is 8.78. The number of ether oxygens (including phenoxy) is 1. The molecule has 154 valence electrons. The summed E-state index contributed by atoms with van der Waals surface area (Å²) in [5.74, 6) is -4.04. The Morgan fingerprint density at radius 2 is 1.97 bits per heavy atom. The van der Waals surface area contributed by atoms with Crippen LogP contribution in [0.15, 0.2) is 41.6 Å². The smallest absolute Gasteiger partial charge is 0.341 e. The van der Waals surface area contributed by atoms with Crippen LogP contribution in [0.25, 0.3) is 0 Å². The average molecular weight is 420 g/mol. The van der Waals surface area contributed by atoms with Crippen molar-refractivity contribution in [1.29, 1.82) is 0 Å². The minimum Gasteiger partial charge on any atom is -0.452 e. The van der Waals surface area contributed by atoms with E-state index >= 15 is 0 Å². The third kappa shape index (κ3) is 5.76. The minimum atomic E-state index is -2.71. The van der Waals surface area contributed by atoms with Crippen molar-refractivity contribution in [2.24, 2.45) is 0 Å². The molecule has 1 aromatic heterocycles. The van der Waals surface area contributed by atoms with Gasteiger partial charge in [-0.15, -0.1) is 0 Å². The Morgan fingerprint density at radius 3 is 2.72 bits per heavy atom. The number of carbonyl (C=O) groups excluding carboxylic acids is 2. The summed E-state index contributed by atoms with van der Waals surface area (Å²) in [5.41, 5.74) is 3.59. The molecule has 1 N–H and O–H groups in total. The van der Waals surface area contributed by atoms with Crippen molar-refractivity contribution in [3.8, 4) is 0 Å². The zero-order valence-electron chi connectivity index (χ0n) is 16.0. The second-order valence-corrected chi connectivity index (χ2v) is 7.81. The highest BCUT2D eigenvalue weighted by Gasteiger charge is 2.20. The number of benzene rings is 1. The number of esters is 1. The number of thioether (sulfide) groups is 1. The lowest BCUT2D eigenvalue weighted by atomic mass is 9.89. The van der Waals surface area contributed by atoms with Gasteiger partial charge in [0.1, 0.15) is 5.03 Å². The molecule has 0 saturated carbocycles. The molecule has 5 nitrogen and oxygen atoms in total. The van der Waals surface area contributed by atoms with Gasteiger partial charge in [0, 0.05) is 6.20 Å². The number of nitrogens with one attached hydrogen (secondary N) is 1. The fourth-order valence-electron chi connectivity index (χ4n) is 3.32. The highest BCUT2D eigenvalue weighted by Crippen LogP contribution is 2.27. The third-order valence-electron chi connectivity index (χ3n) is 4.78. The Kier molecular flexibility index (Phi) is 7.19. The van der Waals surface area contributed by atoms with Crippen LogP contribution in [0, 0.1) is 0 Å². The highest BCUT2D eigenvalue weighted by molar-refractivity contribution is 7.99. The van der Waals surface area contributed by atoms with Gasteiger partial charge in [-0.3, -0.25) is 4.79 Å². The van der Waals surface area contributed by atoms with Crippen LogP contribution in [-0.2, 0) is 22.4 Å². The number of fused-ring (bicyclic) bond motifs is 1. The van der Waals surface area contributed by atoms with E-state index in [0.717, 1.165) is 18.4 Å². The molecule has 1 heterocycles. The normalized spacial score (nSPS) is 14.2. The van der Waals surface area contributed by atoms with Crippen LogP contribution < -0.4 is 5.32 Å². The largest absolute Gasteiger partial charge is 0.452 e. The number of amides is 1. The number of carbonyl (C=O) groups is 2. The molecule has 1 unspecified atom stereocenters. The number of aromatic nitrogens is 1. The van der Waals surface area contributed by atoms with Crippen LogP contribution >= 0.6 is 11.8 Å². The molecular formula is C21H22F2N2O3S. The average Bonchev–Trinajstić information content (AvgIpc) is 2.71. The molecule has 2 aromatic rings. The molecule has 29 heavy (non-hydrogen) atoms. The van der Waals surface area contributed by atoms with Crippen molar-refractivity contribution in [1.82, 2.24) is 10.3 Å². The first-order chi connectivity index (χ1) is 13.9. The standard InChI is InChI=1S/C21H22F2N2O3S/c1-13(15-9-8-14-5-2-3-6-16(14)11-15)25-18(26)12-28-20(27)17-7-4-10-24-19(17)29-21(22)23/h4,7-11,13,21H,2-3,5-6,12H2,1H3,(H,25,26). The van der Waals surface area contributed by atoms with Gasteiger partial charge in [0.25, 0.3) is 11.7 Å². The van der Waals surface area contributed by atoms with Crippen molar-refractivity contribution in [3.05, 3.63) is 58.8 Å². The second-order valence-electron chi connectivity index (χ2n) is 6.84. The van der Waals surface area contributed by atoms with Crippen molar-refractivity contribution < 1.29 is 23.1 Å². The van der Waals surface area contributed by atoms with E-state index in [1.54, 1.807) is 0 Å². The molecule has 0 bridgehead atoms. The molecular weight excluding hydrogens is 398 g/mol. The lowest BCUT2D eigenvalue weighted by Gasteiger charge is -2.20. The maximum absolute atomic E-state index is 12.6. The van der Waals surface area contributed by atoms with E-state index in [1.807, 2.05) is 13.0 Å². The summed E-state index contributed by atoms with van der Waals surface area (Å²) in [4.78, 5) is 28.1. The summed E-state index contributed by atoms with van der Waals surface area (Å²) >= 11 is 0.161. The van der Waals surface area contributed by atoms with Gasteiger partial charge in [0.15, 0.2) is 6.61 Å². The lowest BCUT2D eigenvalue weighted by Crippen LogP contribution is -2.31. The third-order valence-corrected chi connectivity index (χ3v) is 5.50. The van der Waals surface area contributed by atoms with Crippen molar-refractivity contribution in [2.75, 3.05) is 6.61 Å². The van der Waals surface area contributed by atoms with Crippen LogP contribution in [0.3, 0.4) is 0 Å². The van der Waals surface area contributed by atoms with E-state index in [0.29, 0.717) is 0 Å². The van der Waals surface area contributed by atoms with E-state index in [9.17, 15) is 18.4 Å². The number of halogens is 2. The topological polar surface area (TPSA) is 68.3 Å². The molecule has 0 fully saturated rings. The molecule has 8 heteroatoms. The predicted molar refractivity (Wildman–Crippen MR) is 106 cm³/mol. The number of hydrogen-bond acceptors (Lipinski definition) is 5. The van der Waals surface area contributed by atoms with E-state index in [2.05, 4.69) is 22.4 Å². The molecule has 1 aromatic carbocycles. The highest BCUT2D eigenvalue weighted by atomic mass is 32.2. The van der Waals surface area contributed by atoms with Gasteiger partial charge in [-0.1, -0.05) is 18.2 Å². The van der Waals surface area contributed by atoms with Gasteiger partial charge in [0.2, 0.25) is 0 Å². The Hall–Kier alpha value is -2.48. The Labute approximate surface area is 172 Å². The second kappa shape index (κ2) is 9.82. The Morgan fingerprint density at radius 1 is 1.21 bits per heavy atom. The number of nitrogens with zero attached hydrogens (tertiary/aromatic N) is 1. The van der Waals surface area contributed by atoms with E-state index < -0.39 is 24.2 Å². The van der Waals surface area contributed by atoms with Crippen LogP contribution in [0.5, 0.6) is 0 Å². The van der Waals surface area contributed by atoms with Gasteiger partial charge in [-0.05, 0) is 73.2 Å². The SMILES string of the molecule is CC(NC(=O)COC(=O)c1cccnc1SC(F)F)c1ccc2c(c1)CCCC2. The molecule has 0 spiro atoms. The molecule has 0 radical (unpaired) electrons. The van der Waals surface area contributed by atoms with Crippen molar-refractivity contribution in [2.45, 2.75) is 49.4 Å². The van der Waals surface area contributed by atoms with Gasteiger partial charge in [-0.2, -0.15) is 8.78 Å². The number of aryl methyl sites for hydroxylation is 2. The molecule has 1 amide bonds. The van der Waals surface area contributed by atoms with Crippen LogP contribution in [0.4, 0.5) is 8.78 Å². The molecule has 3 rings (SSSR count). The van der Waals surface area contributed by atoms with Crippen molar-refractivity contribution in [3.63, 3.8) is 0 Å². The van der Waals surface area contributed by atoms with Crippen LogP contribution in [0.2, 0.25) is 0 Å². The Bertz CT molecular complexity index is 892. The van der Waals surface area contributed by atoms with Gasteiger partial charge in [-0.25, -0.2) is 9.78 Å². The summed E-state index contributed by atoms with van der Waals surface area (Å²) < 4.78 is 30.2. The minimum absolute atomic E-state index is 0.0895. The number of hydrogen-bond donors (Lipinski definition) is 1. The summed E-state index contributed by atoms with van der Waals surface area (Å²) in [6.07, 6.45) is 5.83. The van der Waals surface area contributed by atoms with Gasteiger partial charge < -0.3 is 10.1 Å². The van der Waals surface area contributed by atoms with Gasteiger partial charge >= 0.3 is 5.97 Å². The number of rotatable bonds is 7. The van der Waals surface area contributed by atoms with E-state index in [-0.39, 0.29) is 28.4 Å². The fourth-order valence-corrected chi connectivity index (χ4v) is 3.89. The maximum atomic E-state index is 12.6. The maximum Gasteiger partial charge on any atom is 0.341 e. The zero-order chi connectivity index (χ0) is 20.8. The first-order valence-corrected chi connectivity index (χ1v) is 10.3. The summed E-state index contributed by atoms with van der Waals surface area (Å²) in [7, 11) is 0. The first kappa shape index (κ1) is 21.2. The quantitative estimate of drug-likeness (QED) is 0.534. The first-order valence-electron chi connectivity index (χ1n) is 9.42. The molecule has 1 aliphatic rings.